The summed E-state index contributed by atoms with van der Waals surface area (Å²) in [5, 5.41) is 0.356. The van der Waals surface area contributed by atoms with E-state index in [-0.39, 0.29) is 18.9 Å². The van der Waals surface area contributed by atoms with Crippen LogP contribution in [0.1, 0.15) is 6.42 Å². The van der Waals surface area contributed by atoms with Crippen LogP contribution >= 0.6 is 11.6 Å². The van der Waals surface area contributed by atoms with E-state index in [1.165, 1.54) is 24.1 Å². The molecule has 0 aliphatic carbocycles. The van der Waals surface area contributed by atoms with Gasteiger partial charge >= 0.3 is 11.7 Å². The second-order valence-electron chi connectivity index (χ2n) is 2.57. The first-order valence-electron chi connectivity index (χ1n) is 3.92. The Kier molecular flexibility index (Phi) is 3.64. The highest BCUT2D eigenvalue weighted by Gasteiger charge is 2.03. The molecule has 0 saturated carbocycles. The Morgan fingerprint density at radius 2 is 2.43 bits per heavy atom. The Morgan fingerprint density at radius 1 is 1.71 bits per heavy atom. The number of aromatic nitrogens is 2. The molecule has 1 rings (SSSR count). The summed E-state index contributed by atoms with van der Waals surface area (Å²) in [5.74, 6) is -0.378. The lowest BCUT2D eigenvalue weighted by Crippen LogP contribution is -2.23. The van der Waals surface area contributed by atoms with E-state index < -0.39 is 5.69 Å². The lowest BCUT2D eigenvalue weighted by molar-refractivity contribution is -0.140. The van der Waals surface area contributed by atoms with Crippen LogP contribution in [-0.4, -0.2) is 22.6 Å². The number of esters is 1. The summed E-state index contributed by atoms with van der Waals surface area (Å²) in [6.07, 6.45) is 2.82. The number of carbonyl (C=O) groups is 1. The quantitative estimate of drug-likeness (QED) is 0.689. The van der Waals surface area contributed by atoms with Crippen LogP contribution < -0.4 is 5.69 Å². The molecule has 6 heteroatoms. The molecule has 0 amide bonds. The molecule has 0 spiro atoms. The fourth-order valence-corrected chi connectivity index (χ4v) is 1.07. The topological polar surface area (TPSA) is 61.2 Å². The van der Waals surface area contributed by atoms with Gasteiger partial charge in [0.05, 0.1) is 24.8 Å². The minimum atomic E-state index is -0.432. The smallest absolute Gasteiger partial charge is 0.347 e. The van der Waals surface area contributed by atoms with Crippen LogP contribution in [0.5, 0.6) is 0 Å². The molecule has 1 heterocycles. The van der Waals surface area contributed by atoms with Crippen molar-refractivity contribution in [1.29, 1.82) is 0 Å². The standard InChI is InChI=1S/C8H9ClN2O3/c1-14-7(12)2-3-11-5-6(9)4-10-8(11)13/h4-5H,2-3H2,1H3. The number of aryl methyl sites for hydroxylation is 1. The predicted molar refractivity (Wildman–Crippen MR) is 50.1 cm³/mol. The number of rotatable bonds is 3. The Balaban J connectivity index is 2.71. The summed E-state index contributed by atoms with van der Waals surface area (Å²) in [4.78, 5) is 25.4. The van der Waals surface area contributed by atoms with Gasteiger partial charge in [-0.25, -0.2) is 9.78 Å². The Bertz CT molecular complexity index is 388. The Morgan fingerprint density at radius 3 is 3.07 bits per heavy atom. The Hall–Kier alpha value is -1.36. The van der Waals surface area contributed by atoms with Crippen molar-refractivity contribution in [3.05, 3.63) is 27.9 Å². The van der Waals surface area contributed by atoms with Gasteiger partial charge in [0.1, 0.15) is 0 Å². The maximum Gasteiger partial charge on any atom is 0.347 e. The van der Waals surface area contributed by atoms with Gasteiger partial charge in [0.2, 0.25) is 0 Å². The summed E-state index contributed by atoms with van der Waals surface area (Å²) in [6.45, 7) is 0.221. The van der Waals surface area contributed by atoms with Gasteiger partial charge in [-0.3, -0.25) is 9.36 Å². The summed E-state index contributed by atoms with van der Waals surface area (Å²) in [5.41, 5.74) is -0.432. The third kappa shape index (κ3) is 2.85. The molecule has 0 aliphatic heterocycles. The highest BCUT2D eigenvalue weighted by Crippen LogP contribution is 2.01. The summed E-state index contributed by atoms with van der Waals surface area (Å²) < 4.78 is 5.70. The summed E-state index contributed by atoms with van der Waals surface area (Å²) in [7, 11) is 1.29. The van der Waals surface area contributed by atoms with Crippen molar-refractivity contribution < 1.29 is 9.53 Å². The van der Waals surface area contributed by atoms with Crippen molar-refractivity contribution in [3.63, 3.8) is 0 Å². The normalized spacial score (nSPS) is 9.86. The minimum Gasteiger partial charge on any atom is -0.469 e. The number of ether oxygens (including phenoxy) is 1. The third-order valence-corrected chi connectivity index (χ3v) is 1.80. The molecule has 0 atom stereocenters. The van der Waals surface area contributed by atoms with E-state index in [2.05, 4.69) is 9.72 Å². The van der Waals surface area contributed by atoms with Crippen molar-refractivity contribution in [2.45, 2.75) is 13.0 Å². The number of hydrogen-bond acceptors (Lipinski definition) is 4. The molecule has 0 N–H and O–H groups in total. The average molecular weight is 217 g/mol. The van der Waals surface area contributed by atoms with E-state index in [1.807, 2.05) is 0 Å². The predicted octanol–water partition coefficient (Wildman–Crippen LogP) is 0.460. The average Bonchev–Trinajstić information content (AvgIpc) is 2.19. The van der Waals surface area contributed by atoms with E-state index in [0.29, 0.717) is 5.02 Å². The number of methoxy groups -OCH3 is 1. The van der Waals surface area contributed by atoms with Gasteiger partial charge in [-0.2, -0.15) is 0 Å². The number of carbonyl (C=O) groups excluding carboxylic acids is 1. The van der Waals surface area contributed by atoms with Gasteiger partial charge in [0.15, 0.2) is 0 Å². The highest BCUT2D eigenvalue weighted by atomic mass is 35.5. The van der Waals surface area contributed by atoms with Gasteiger partial charge in [0.25, 0.3) is 0 Å². The Labute approximate surface area is 85.3 Å². The number of hydrogen-bond donors (Lipinski definition) is 0. The van der Waals surface area contributed by atoms with Crippen LogP contribution in [0.15, 0.2) is 17.2 Å². The van der Waals surface area contributed by atoms with Crippen LogP contribution in [0.25, 0.3) is 0 Å². The fourth-order valence-electron chi connectivity index (χ4n) is 0.902. The molecule has 76 valence electrons. The van der Waals surface area contributed by atoms with Crippen molar-refractivity contribution >= 4 is 17.6 Å². The van der Waals surface area contributed by atoms with Gasteiger partial charge in [-0.1, -0.05) is 11.6 Å². The molecule has 0 unspecified atom stereocenters. The maximum atomic E-state index is 11.1. The number of nitrogens with zero attached hydrogens (tertiary/aromatic N) is 2. The van der Waals surface area contributed by atoms with E-state index in [0.717, 1.165) is 0 Å². The van der Waals surface area contributed by atoms with Crippen LogP contribution in [0.3, 0.4) is 0 Å². The molecule has 1 aromatic rings. The van der Waals surface area contributed by atoms with Gasteiger partial charge in [-0.05, 0) is 0 Å². The molecule has 0 saturated heterocycles. The van der Waals surface area contributed by atoms with Crippen LogP contribution in [0, 0.1) is 0 Å². The molecule has 0 radical (unpaired) electrons. The van der Waals surface area contributed by atoms with Crippen LogP contribution in [0.2, 0.25) is 5.02 Å². The van der Waals surface area contributed by atoms with Crippen LogP contribution in [-0.2, 0) is 16.1 Å². The van der Waals surface area contributed by atoms with Gasteiger partial charge in [-0.15, -0.1) is 0 Å². The van der Waals surface area contributed by atoms with E-state index in [4.69, 9.17) is 11.6 Å². The second kappa shape index (κ2) is 4.76. The summed E-state index contributed by atoms with van der Waals surface area (Å²) >= 11 is 5.63. The molecule has 14 heavy (non-hydrogen) atoms. The molecule has 1 aromatic heterocycles. The molecule has 0 aromatic carbocycles. The van der Waals surface area contributed by atoms with Gasteiger partial charge < -0.3 is 4.74 Å². The second-order valence-corrected chi connectivity index (χ2v) is 3.01. The SMILES string of the molecule is COC(=O)CCn1cc(Cl)cnc1=O. The van der Waals surface area contributed by atoms with Gasteiger partial charge in [0, 0.05) is 12.7 Å². The first-order chi connectivity index (χ1) is 6.63. The monoisotopic (exact) mass is 216 g/mol. The maximum absolute atomic E-state index is 11.1. The van der Waals surface area contributed by atoms with E-state index in [1.54, 1.807) is 0 Å². The summed E-state index contributed by atoms with van der Waals surface area (Å²) in [6, 6.07) is 0. The van der Waals surface area contributed by atoms with Crippen molar-refractivity contribution in [1.82, 2.24) is 9.55 Å². The zero-order valence-electron chi connectivity index (χ0n) is 7.57. The minimum absolute atomic E-state index is 0.123. The zero-order valence-corrected chi connectivity index (χ0v) is 8.32. The largest absolute Gasteiger partial charge is 0.469 e. The molecular weight excluding hydrogens is 208 g/mol. The third-order valence-electron chi connectivity index (χ3n) is 1.61. The first-order valence-corrected chi connectivity index (χ1v) is 4.30. The van der Waals surface area contributed by atoms with Crippen LogP contribution in [0.4, 0.5) is 0 Å². The molecule has 0 aliphatic rings. The lowest BCUT2D eigenvalue weighted by atomic mass is 10.4. The zero-order chi connectivity index (χ0) is 10.6. The van der Waals surface area contributed by atoms with Crippen molar-refractivity contribution in [2.24, 2.45) is 0 Å². The van der Waals surface area contributed by atoms with Crippen molar-refractivity contribution in [3.8, 4) is 0 Å². The first kappa shape index (κ1) is 10.7. The van der Waals surface area contributed by atoms with E-state index in [9.17, 15) is 9.59 Å². The molecule has 0 fully saturated rings. The molecule has 5 nitrogen and oxygen atoms in total. The van der Waals surface area contributed by atoms with Crippen molar-refractivity contribution in [2.75, 3.05) is 7.11 Å². The molecule has 0 bridgehead atoms. The lowest BCUT2D eigenvalue weighted by Gasteiger charge is -2.03. The number of halogens is 1. The molecular formula is C8H9ClN2O3. The fraction of sp³-hybridized carbons (Fsp3) is 0.375. The van der Waals surface area contributed by atoms with E-state index >= 15 is 0 Å². The highest BCUT2D eigenvalue weighted by molar-refractivity contribution is 6.30.